The molecule has 58 heavy (non-hydrogen) atoms. The summed E-state index contributed by atoms with van der Waals surface area (Å²) in [4.78, 5) is 56.8. The molecular formula is C46H49N7O5. The number of ether oxygens (including phenoxy) is 2. The van der Waals surface area contributed by atoms with Gasteiger partial charge in [-0.3, -0.25) is 14.6 Å². The van der Waals surface area contributed by atoms with E-state index >= 15 is 0 Å². The molecule has 1 aromatic heterocycles. The Kier molecular flexibility index (Phi) is 9.75. The first-order chi connectivity index (χ1) is 28.1. The third-order valence-corrected chi connectivity index (χ3v) is 12.5. The Morgan fingerprint density at radius 1 is 0.966 bits per heavy atom. The number of rotatable bonds is 8. The van der Waals surface area contributed by atoms with Crippen LogP contribution in [0.1, 0.15) is 81.1 Å². The van der Waals surface area contributed by atoms with E-state index in [1.54, 1.807) is 0 Å². The van der Waals surface area contributed by atoms with Crippen LogP contribution < -0.4 is 15.8 Å². The summed E-state index contributed by atoms with van der Waals surface area (Å²) in [6, 6.07) is 22.9. The number of amides is 3. The van der Waals surface area contributed by atoms with Crippen LogP contribution in [0.2, 0.25) is 0 Å². The highest BCUT2D eigenvalue weighted by Crippen LogP contribution is 2.45. The molecule has 4 aliphatic rings. The van der Waals surface area contributed by atoms with Gasteiger partial charge >= 0.3 is 6.09 Å². The third kappa shape index (κ3) is 6.58. The second-order valence-electron chi connectivity index (χ2n) is 16.4. The molecule has 5 atom stereocenters. The van der Waals surface area contributed by atoms with Crippen molar-refractivity contribution in [2.75, 3.05) is 13.7 Å². The van der Waals surface area contributed by atoms with Gasteiger partial charge in [0.2, 0.25) is 11.8 Å². The fourth-order valence-corrected chi connectivity index (χ4v) is 9.39. The predicted molar refractivity (Wildman–Crippen MR) is 223 cm³/mol. The van der Waals surface area contributed by atoms with Gasteiger partial charge in [-0.15, -0.1) is 0 Å². The van der Waals surface area contributed by atoms with Crippen LogP contribution in [0.5, 0.6) is 5.75 Å². The Balaban J connectivity index is 0.934. The van der Waals surface area contributed by atoms with Crippen molar-refractivity contribution in [2.45, 2.75) is 89.7 Å². The second-order valence-corrected chi connectivity index (χ2v) is 16.4. The van der Waals surface area contributed by atoms with Gasteiger partial charge in [-0.2, -0.15) is 0 Å². The smallest absolute Gasteiger partial charge is 0.407 e. The maximum absolute atomic E-state index is 13.8. The Labute approximate surface area is 337 Å². The number of fused-ring (bicyclic) bond motifs is 6. The summed E-state index contributed by atoms with van der Waals surface area (Å²) >= 11 is 0. The lowest BCUT2D eigenvalue weighted by molar-refractivity contribution is -0.137. The number of aromatic amines is 1. The molecule has 5 aromatic rings. The molecule has 12 nitrogen and oxygen atoms in total. The topological polar surface area (TPSA) is 155 Å². The highest BCUT2D eigenvalue weighted by molar-refractivity contribution is 6.06. The monoisotopic (exact) mass is 779 g/mol. The van der Waals surface area contributed by atoms with Gasteiger partial charge in [0.25, 0.3) is 0 Å². The van der Waals surface area contributed by atoms with E-state index in [1.165, 1.54) is 7.11 Å². The van der Waals surface area contributed by atoms with Gasteiger partial charge < -0.3 is 35.3 Å². The quantitative estimate of drug-likeness (QED) is 0.147. The van der Waals surface area contributed by atoms with Crippen molar-refractivity contribution >= 4 is 40.1 Å². The molecule has 4 N–H and O–H groups in total. The SMILES string of the molecule is COC(=O)N[C@H](C(=O)N1[C@@H](C)CC[C@H]1c1ncc(-c2ccc3c(c2)COc2cc4c5c(ccc4cc2-3)N=C([C@@H]2CCCN2C(=O)C(N)c2ccccc2)C5)[nH]1)C(C)C. The molecule has 2 saturated heterocycles. The number of nitrogens with one attached hydrogen (secondary N) is 2. The number of hydrogen-bond acceptors (Lipinski definition) is 8. The number of alkyl carbamates (subject to hydrolysis) is 1. The summed E-state index contributed by atoms with van der Waals surface area (Å²) in [5.74, 6) is 1.25. The van der Waals surface area contributed by atoms with Crippen molar-refractivity contribution in [3.8, 4) is 28.1 Å². The molecule has 2 fully saturated rings. The minimum absolute atomic E-state index is 0.00243. The zero-order valence-electron chi connectivity index (χ0n) is 33.3. The molecule has 4 aliphatic heterocycles. The second kappa shape index (κ2) is 15.1. The van der Waals surface area contributed by atoms with Gasteiger partial charge in [-0.25, -0.2) is 9.78 Å². The lowest BCUT2D eigenvalue weighted by Crippen LogP contribution is -2.52. The van der Waals surface area contributed by atoms with E-state index < -0.39 is 18.2 Å². The summed E-state index contributed by atoms with van der Waals surface area (Å²) in [5, 5.41) is 4.96. The van der Waals surface area contributed by atoms with Crippen LogP contribution in [0.15, 0.2) is 84.0 Å². The largest absolute Gasteiger partial charge is 0.488 e. The highest BCUT2D eigenvalue weighted by atomic mass is 16.5. The average molecular weight is 780 g/mol. The molecule has 3 amide bonds. The van der Waals surface area contributed by atoms with Crippen LogP contribution >= 0.6 is 0 Å². The molecule has 0 saturated carbocycles. The van der Waals surface area contributed by atoms with Gasteiger partial charge in [0, 0.05) is 30.3 Å². The Morgan fingerprint density at radius 2 is 1.79 bits per heavy atom. The minimum Gasteiger partial charge on any atom is -0.488 e. The van der Waals surface area contributed by atoms with Crippen molar-refractivity contribution in [1.82, 2.24) is 25.1 Å². The van der Waals surface area contributed by atoms with Crippen molar-refractivity contribution in [1.29, 1.82) is 0 Å². The molecule has 4 aromatic carbocycles. The molecule has 12 heteroatoms. The van der Waals surface area contributed by atoms with E-state index in [0.29, 0.717) is 19.6 Å². The molecular weight excluding hydrogens is 731 g/mol. The number of carbonyl (C=O) groups is 3. The van der Waals surface area contributed by atoms with E-state index in [4.69, 9.17) is 25.2 Å². The number of nitrogens with two attached hydrogens (primary N) is 1. The normalized spacial score (nSPS) is 20.6. The number of carbonyl (C=O) groups excluding carboxylic acids is 3. The number of benzene rings is 4. The van der Waals surface area contributed by atoms with Crippen molar-refractivity contribution in [3.05, 3.63) is 102 Å². The van der Waals surface area contributed by atoms with Crippen LogP contribution in [-0.4, -0.2) is 75.2 Å². The number of H-pyrrole nitrogens is 1. The first kappa shape index (κ1) is 37.6. The van der Waals surface area contributed by atoms with Crippen LogP contribution in [0, 0.1) is 5.92 Å². The molecule has 0 bridgehead atoms. The Bertz CT molecular complexity index is 2460. The summed E-state index contributed by atoms with van der Waals surface area (Å²) in [7, 11) is 1.30. The lowest BCUT2D eigenvalue weighted by atomic mass is 9.90. The molecule has 0 radical (unpaired) electrons. The number of aromatic nitrogens is 2. The maximum atomic E-state index is 13.8. The van der Waals surface area contributed by atoms with Crippen LogP contribution in [-0.2, 0) is 27.4 Å². The van der Waals surface area contributed by atoms with Gasteiger partial charge in [-0.1, -0.05) is 62.4 Å². The fraction of sp³-hybridized carbons (Fsp3) is 0.370. The number of hydrogen-bond donors (Lipinski definition) is 3. The van der Waals surface area contributed by atoms with Crippen LogP contribution in [0.4, 0.5) is 10.5 Å². The van der Waals surface area contributed by atoms with Crippen molar-refractivity contribution < 1.29 is 23.9 Å². The van der Waals surface area contributed by atoms with E-state index in [-0.39, 0.29) is 35.9 Å². The van der Waals surface area contributed by atoms with Gasteiger partial charge in [0.15, 0.2) is 0 Å². The van der Waals surface area contributed by atoms with Gasteiger partial charge in [-0.05, 0) is 101 Å². The molecule has 5 heterocycles. The number of likely N-dealkylation sites (tertiary alicyclic amines) is 2. The number of methoxy groups -OCH3 is 1. The van der Waals surface area contributed by atoms with Crippen molar-refractivity contribution in [2.24, 2.45) is 16.6 Å². The van der Waals surface area contributed by atoms with Gasteiger partial charge in [0.05, 0.1) is 36.8 Å². The third-order valence-electron chi connectivity index (χ3n) is 12.5. The van der Waals surface area contributed by atoms with Crippen LogP contribution in [0.25, 0.3) is 33.2 Å². The molecule has 1 unspecified atom stereocenters. The van der Waals surface area contributed by atoms with E-state index in [1.807, 2.05) is 67.1 Å². The first-order valence-corrected chi connectivity index (χ1v) is 20.4. The summed E-state index contributed by atoms with van der Waals surface area (Å²) in [6.45, 7) is 6.97. The van der Waals surface area contributed by atoms with Crippen LogP contribution in [0.3, 0.4) is 0 Å². The molecule has 9 rings (SSSR count). The maximum Gasteiger partial charge on any atom is 0.407 e. The lowest BCUT2D eigenvalue weighted by Gasteiger charge is -2.32. The van der Waals surface area contributed by atoms with E-state index in [9.17, 15) is 14.4 Å². The highest BCUT2D eigenvalue weighted by Gasteiger charge is 2.41. The van der Waals surface area contributed by atoms with Gasteiger partial charge in [0.1, 0.15) is 30.3 Å². The predicted octanol–water partition coefficient (Wildman–Crippen LogP) is 7.54. The van der Waals surface area contributed by atoms with E-state index in [2.05, 4.69) is 52.8 Å². The zero-order chi connectivity index (χ0) is 40.2. The van der Waals surface area contributed by atoms with E-state index in [0.717, 1.165) is 98.5 Å². The Morgan fingerprint density at radius 3 is 2.59 bits per heavy atom. The molecule has 0 aliphatic carbocycles. The average Bonchev–Trinajstić information content (AvgIpc) is 4.07. The number of nitrogens with zero attached hydrogens (tertiary/aromatic N) is 4. The van der Waals surface area contributed by atoms with Crippen molar-refractivity contribution in [3.63, 3.8) is 0 Å². The zero-order valence-corrected chi connectivity index (χ0v) is 33.3. The summed E-state index contributed by atoms with van der Waals surface area (Å²) in [5.41, 5.74) is 15.5. The minimum atomic E-state index is -0.706. The summed E-state index contributed by atoms with van der Waals surface area (Å²) in [6.07, 6.45) is 5.29. The number of imidazole rings is 1. The fourth-order valence-electron chi connectivity index (χ4n) is 9.39. The first-order valence-electron chi connectivity index (χ1n) is 20.4. The molecule has 0 spiro atoms. The standard InChI is InChI=1S/C46H49N7O5/c1-25(2)42(51-46(56)57-4)45(55)53-26(3)12-17-39(53)43-48-23-37(50-43)29-13-15-31-30(19-29)24-58-40-22-32-28(20-34(31)40)14-16-35-33(32)21-36(49-35)38-11-8-18-52(38)44(54)41(47)27-9-6-5-7-10-27/h5-7,9-10,13-16,19-20,22-23,25-26,38-39,41-42H,8,11-12,17-18,21,24,47H2,1-4H3,(H,48,50)(H,51,56)/t26-,38-,39-,41?,42-/m0/s1. The molecule has 298 valence electrons. The number of aliphatic imine (C=N–C) groups is 1. The summed E-state index contributed by atoms with van der Waals surface area (Å²) < 4.78 is 11.3. The Hall–Kier alpha value is -6.01.